The molecule has 4 aromatic rings. The number of aromatic nitrogens is 4. The van der Waals surface area contributed by atoms with Gasteiger partial charge >= 0.3 is 0 Å². The van der Waals surface area contributed by atoms with Gasteiger partial charge in [0.05, 0.1) is 23.2 Å². The van der Waals surface area contributed by atoms with E-state index >= 15 is 0 Å². The van der Waals surface area contributed by atoms with Crippen molar-refractivity contribution >= 4 is 17.0 Å². The van der Waals surface area contributed by atoms with Gasteiger partial charge < -0.3 is 14.6 Å². The van der Waals surface area contributed by atoms with Crippen molar-refractivity contribution in [2.45, 2.75) is 50.7 Å². The Hall–Kier alpha value is -3.25. The van der Waals surface area contributed by atoms with Gasteiger partial charge in [-0.2, -0.15) is 0 Å². The molecule has 6 heteroatoms. The highest BCUT2D eigenvalue weighted by atomic mass is 16.3. The van der Waals surface area contributed by atoms with Gasteiger partial charge in [-0.3, -0.25) is 0 Å². The number of aliphatic hydroxyl groups excluding tert-OH is 1. The van der Waals surface area contributed by atoms with Crippen molar-refractivity contribution in [3.8, 4) is 11.1 Å². The minimum absolute atomic E-state index is 0.0839. The molecule has 2 fully saturated rings. The summed E-state index contributed by atoms with van der Waals surface area (Å²) in [5.41, 5.74) is 6.12. The van der Waals surface area contributed by atoms with E-state index in [0.717, 1.165) is 74.2 Å². The summed E-state index contributed by atoms with van der Waals surface area (Å²) in [6.07, 6.45) is 10.1. The Morgan fingerprint density at radius 2 is 1.68 bits per heavy atom. The van der Waals surface area contributed by atoms with E-state index in [-0.39, 0.29) is 6.10 Å². The molecule has 4 heterocycles. The number of hydrogen-bond donors (Lipinski definition) is 1. The van der Waals surface area contributed by atoms with Crippen LogP contribution in [-0.4, -0.2) is 43.8 Å². The highest BCUT2D eigenvalue weighted by Crippen LogP contribution is 2.49. The zero-order valence-electron chi connectivity index (χ0n) is 19.3. The van der Waals surface area contributed by atoms with Gasteiger partial charge in [-0.1, -0.05) is 36.4 Å². The van der Waals surface area contributed by atoms with Gasteiger partial charge in [0.1, 0.15) is 5.82 Å². The maximum Gasteiger partial charge on any atom is 0.225 e. The number of hydrogen-bond acceptors (Lipinski definition) is 5. The Labute approximate surface area is 199 Å². The predicted octanol–water partition coefficient (Wildman–Crippen LogP) is 4.77. The van der Waals surface area contributed by atoms with Crippen LogP contribution >= 0.6 is 0 Å². The summed E-state index contributed by atoms with van der Waals surface area (Å²) in [5, 5.41) is 9.72. The third-order valence-corrected chi connectivity index (χ3v) is 8.32. The number of aryl methyl sites for hydroxylation is 1. The SMILES string of the molecule is OC1CC2(CCN(c3ncc(-c4ccc5nc6n(c5c4)[C@@H](c4ccccc4)CC6)cn3)CC2)C1. The molecule has 1 saturated carbocycles. The number of nitrogens with zero attached hydrogens (tertiary/aromatic N) is 5. The van der Waals surface area contributed by atoms with Crippen LogP contribution in [0.15, 0.2) is 60.9 Å². The van der Waals surface area contributed by atoms with Crippen molar-refractivity contribution in [1.29, 1.82) is 0 Å². The van der Waals surface area contributed by atoms with E-state index in [4.69, 9.17) is 15.0 Å². The van der Waals surface area contributed by atoms with E-state index < -0.39 is 0 Å². The van der Waals surface area contributed by atoms with Gasteiger partial charge in [0.2, 0.25) is 5.95 Å². The Morgan fingerprint density at radius 1 is 0.912 bits per heavy atom. The molecule has 0 amide bonds. The summed E-state index contributed by atoms with van der Waals surface area (Å²) < 4.78 is 2.42. The van der Waals surface area contributed by atoms with Gasteiger partial charge in [-0.15, -0.1) is 0 Å². The van der Waals surface area contributed by atoms with E-state index in [0.29, 0.717) is 11.5 Å². The Balaban J connectivity index is 1.15. The van der Waals surface area contributed by atoms with Crippen LogP contribution in [0.4, 0.5) is 5.95 Å². The summed E-state index contributed by atoms with van der Waals surface area (Å²) in [6, 6.07) is 17.6. The first-order valence-corrected chi connectivity index (χ1v) is 12.5. The first-order chi connectivity index (χ1) is 16.7. The number of aliphatic hydroxyl groups is 1. The zero-order chi connectivity index (χ0) is 22.7. The summed E-state index contributed by atoms with van der Waals surface area (Å²) in [5.74, 6) is 1.99. The highest BCUT2D eigenvalue weighted by Gasteiger charge is 2.45. The summed E-state index contributed by atoms with van der Waals surface area (Å²) in [4.78, 5) is 16.7. The second kappa shape index (κ2) is 7.64. The molecule has 0 unspecified atom stereocenters. The molecule has 7 rings (SSSR count). The minimum atomic E-state index is -0.0839. The maximum atomic E-state index is 9.72. The van der Waals surface area contributed by atoms with Crippen molar-refractivity contribution in [3.05, 3.63) is 72.3 Å². The molecule has 2 aromatic heterocycles. The van der Waals surface area contributed by atoms with Gasteiger partial charge in [-0.25, -0.2) is 15.0 Å². The molecule has 6 nitrogen and oxygen atoms in total. The highest BCUT2D eigenvalue weighted by molar-refractivity contribution is 5.83. The second-order valence-corrected chi connectivity index (χ2v) is 10.4. The smallest absolute Gasteiger partial charge is 0.225 e. The van der Waals surface area contributed by atoms with Gasteiger partial charge in [0, 0.05) is 37.5 Å². The molecule has 0 bridgehead atoms. The summed E-state index contributed by atoms with van der Waals surface area (Å²) in [7, 11) is 0. The standard InChI is InChI=1S/C28H29N5O/c34-22-15-28(16-22)10-12-32(13-11-28)27-29-17-21(18-30-27)20-6-7-23-25(14-20)33-24(8-9-26(33)31-23)19-4-2-1-3-5-19/h1-7,14,17-18,22,24,34H,8-13,15-16H2/t24-/m1/s1. The molecule has 1 aliphatic carbocycles. The molecular weight excluding hydrogens is 422 g/mol. The molecule has 0 radical (unpaired) electrons. The molecule has 172 valence electrons. The van der Waals surface area contributed by atoms with Crippen LogP contribution in [0.2, 0.25) is 0 Å². The number of imidazole rings is 1. The molecule has 1 saturated heterocycles. The average molecular weight is 452 g/mol. The predicted molar refractivity (Wildman–Crippen MR) is 133 cm³/mol. The maximum absolute atomic E-state index is 9.72. The molecule has 2 aliphatic heterocycles. The van der Waals surface area contributed by atoms with Gasteiger partial charge in [0.15, 0.2) is 0 Å². The zero-order valence-corrected chi connectivity index (χ0v) is 19.3. The minimum Gasteiger partial charge on any atom is -0.393 e. The van der Waals surface area contributed by atoms with E-state index in [1.54, 1.807) is 0 Å². The third kappa shape index (κ3) is 3.23. The molecule has 2 aromatic carbocycles. The van der Waals surface area contributed by atoms with Crippen LogP contribution < -0.4 is 4.90 Å². The fourth-order valence-electron chi connectivity index (χ4n) is 6.40. The van der Waals surface area contributed by atoms with Gasteiger partial charge in [0.25, 0.3) is 0 Å². The quantitative estimate of drug-likeness (QED) is 0.486. The molecule has 3 aliphatic rings. The van der Waals surface area contributed by atoms with Crippen LogP contribution in [0, 0.1) is 5.41 Å². The normalized spacial score (nSPS) is 21.7. The van der Waals surface area contributed by atoms with Crippen LogP contribution in [0.3, 0.4) is 0 Å². The lowest BCUT2D eigenvalue weighted by atomic mass is 9.61. The lowest BCUT2D eigenvalue weighted by Crippen LogP contribution is -2.49. The van der Waals surface area contributed by atoms with Crippen LogP contribution in [0.5, 0.6) is 0 Å². The number of fused-ring (bicyclic) bond motifs is 3. The molecular formula is C28H29N5O. The fourth-order valence-corrected chi connectivity index (χ4v) is 6.40. The Kier molecular flexibility index (Phi) is 4.53. The van der Waals surface area contributed by atoms with Crippen LogP contribution in [0.1, 0.15) is 49.5 Å². The largest absolute Gasteiger partial charge is 0.393 e. The first kappa shape index (κ1) is 20.2. The molecule has 34 heavy (non-hydrogen) atoms. The van der Waals surface area contributed by atoms with Crippen molar-refractivity contribution in [1.82, 2.24) is 19.5 Å². The molecule has 1 spiro atoms. The Bertz CT molecular complexity index is 1330. The average Bonchev–Trinajstić information content (AvgIpc) is 3.44. The third-order valence-electron chi connectivity index (χ3n) is 8.32. The number of piperidine rings is 1. The number of anilines is 1. The van der Waals surface area contributed by atoms with Crippen molar-refractivity contribution in [2.24, 2.45) is 5.41 Å². The lowest BCUT2D eigenvalue weighted by molar-refractivity contribution is -0.0465. The number of rotatable bonds is 3. The first-order valence-electron chi connectivity index (χ1n) is 12.5. The summed E-state index contributed by atoms with van der Waals surface area (Å²) in [6.45, 7) is 1.95. The monoisotopic (exact) mass is 451 g/mol. The van der Waals surface area contributed by atoms with E-state index in [1.165, 1.54) is 16.9 Å². The number of benzene rings is 2. The van der Waals surface area contributed by atoms with Crippen molar-refractivity contribution in [2.75, 3.05) is 18.0 Å². The van der Waals surface area contributed by atoms with Crippen molar-refractivity contribution in [3.63, 3.8) is 0 Å². The Morgan fingerprint density at radius 3 is 2.41 bits per heavy atom. The molecule has 1 N–H and O–H groups in total. The second-order valence-electron chi connectivity index (χ2n) is 10.4. The van der Waals surface area contributed by atoms with E-state index in [2.05, 4.69) is 58.0 Å². The topological polar surface area (TPSA) is 67.1 Å². The van der Waals surface area contributed by atoms with Crippen molar-refractivity contribution < 1.29 is 5.11 Å². The van der Waals surface area contributed by atoms with Crippen LogP contribution in [0.25, 0.3) is 22.2 Å². The summed E-state index contributed by atoms with van der Waals surface area (Å²) >= 11 is 0. The van der Waals surface area contributed by atoms with Gasteiger partial charge in [-0.05, 0) is 60.8 Å². The fraction of sp³-hybridized carbons (Fsp3) is 0.393. The van der Waals surface area contributed by atoms with Crippen LogP contribution in [-0.2, 0) is 6.42 Å². The molecule has 1 atom stereocenters. The van der Waals surface area contributed by atoms with E-state index in [9.17, 15) is 5.11 Å². The van der Waals surface area contributed by atoms with E-state index in [1.807, 2.05) is 12.4 Å². The lowest BCUT2D eigenvalue weighted by Gasteiger charge is -2.50.